The van der Waals surface area contributed by atoms with Crippen LogP contribution < -0.4 is 64.6 Å². The summed E-state index contributed by atoms with van der Waals surface area (Å²) in [5.74, 6) is -14.6. The van der Waals surface area contributed by atoms with Crippen molar-refractivity contribution < 1.29 is 97.5 Å². The van der Waals surface area contributed by atoms with E-state index < -0.39 is 180 Å². The number of benzene rings is 2. The zero-order valence-electron chi connectivity index (χ0n) is 65.7. The summed E-state index contributed by atoms with van der Waals surface area (Å²) >= 11 is 0. The summed E-state index contributed by atoms with van der Waals surface area (Å²) in [5.41, 5.74) is 12.9. The molecule has 20 N–H and O–H groups in total. The Bertz CT molecular complexity index is 3630. The number of hydrogen-bond acceptors (Lipinski definition) is 18. The fourth-order valence-corrected chi connectivity index (χ4v) is 13.1. The van der Waals surface area contributed by atoms with Crippen LogP contribution in [0.2, 0.25) is 0 Å². The van der Waals surface area contributed by atoms with Gasteiger partial charge >= 0.3 is 11.9 Å². The zero-order valence-corrected chi connectivity index (χ0v) is 65.7. The lowest BCUT2D eigenvalue weighted by atomic mass is 9.96. The Hall–Kier alpha value is -10.1. The number of fused-ring (bicyclic) bond motifs is 1. The number of rotatable bonds is 53. The number of aromatic amines is 1. The quantitative estimate of drug-likeness (QED) is 0.0351. The number of primary amides is 2. The molecule has 2 heterocycles. The minimum Gasteiger partial charge on any atom is -0.480 e. The Morgan fingerprint density at radius 2 is 0.929 bits per heavy atom. The highest BCUT2D eigenvalue weighted by Gasteiger charge is 2.40. The third kappa shape index (κ3) is 32.7. The molecule has 0 bridgehead atoms. The fourth-order valence-electron chi connectivity index (χ4n) is 13.1. The van der Waals surface area contributed by atoms with Crippen LogP contribution >= 0.6 is 0 Å². The van der Waals surface area contributed by atoms with Crippen molar-refractivity contribution in [2.24, 2.45) is 29.2 Å². The summed E-state index contributed by atoms with van der Waals surface area (Å²) in [6.07, 6.45) is 7.20. The molecule has 1 fully saturated rings. The maximum Gasteiger partial charge on any atom is 0.326 e. The number of amides is 13. The average molecular weight is 1570 g/mol. The number of carbonyl (C=O) groups excluding carboxylic acids is 13. The van der Waals surface area contributed by atoms with Gasteiger partial charge in [0.1, 0.15) is 66.5 Å². The molecular formula is C78H120N14O20. The van der Waals surface area contributed by atoms with Crippen LogP contribution in [0.4, 0.5) is 0 Å². The van der Waals surface area contributed by atoms with Gasteiger partial charge in [0, 0.05) is 55.7 Å². The summed E-state index contributed by atoms with van der Waals surface area (Å²) < 4.78 is 0. The number of nitrogens with zero attached hydrogens (tertiary/aromatic N) is 1. The number of aliphatic carboxylic acids is 2. The Labute approximate surface area is 653 Å². The number of carboxylic acid groups (broad SMARTS) is 2. The number of aliphatic hydroxyl groups excluding tert-OH is 3. The second-order valence-corrected chi connectivity index (χ2v) is 30.0. The van der Waals surface area contributed by atoms with Gasteiger partial charge in [0.25, 0.3) is 0 Å². The van der Waals surface area contributed by atoms with Crippen LogP contribution in [-0.4, -0.2) is 216 Å². The van der Waals surface area contributed by atoms with Gasteiger partial charge in [0.15, 0.2) is 0 Å². The Kier molecular flexibility index (Phi) is 40.9. The number of unbranched alkanes of at least 4 members (excludes halogenated alkanes) is 10. The Balaban J connectivity index is 1.19. The number of likely N-dealkylation sites (tertiary alicyclic amines) is 1. The Morgan fingerprint density at radius 1 is 0.482 bits per heavy atom. The number of aromatic nitrogens is 1. The predicted molar refractivity (Wildman–Crippen MR) is 413 cm³/mol. The van der Waals surface area contributed by atoms with Crippen molar-refractivity contribution in [2.45, 2.75) is 282 Å². The van der Waals surface area contributed by atoms with Gasteiger partial charge in [-0.15, -0.1) is 0 Å². The molecule has 0 unspecified atom stereocenters. The molecule has 0 spiro atoms. The van der Waals surface area contributed by atoms with Crippen molar-refractivity contribution in [1.29, 1.82) is 0 Å². The molecule has 13 amide bonds. The second-order valence-electron chi connectivity index (χ2n) is 30.0. The van der Waals surface area contributed by atoms with Crippen LogP contribution in [0.3, 0.4) is 0 Å². The molecule has 2 aromatic carbocycles. The first kappa shape index (κ1) is 94.3. The Morgan fingerprint density at radius 3 is 1.43 bits per heavy atom. The van der Waals surface area contributed by atoms with Crippen LogP contribution in [0, 0.1) is 17.8 Å². The van der Waals surface area contributed by atoms with Crippen LogP contribution in [0.5, 0.6) is 0 Å². The van der Waals surface area contributed by atoms with E-state index in [-0.39, 0.29) is 69.1 Å². The van der Waals surface area contributed by atoms with E-state index in [1.54, 1.807) is 84.1 Å². The first-order valence-corrected chi connectivity index (χ1v) is 39.0. The number of H-pyrrole nitrogens is 1. The highest BCUT2D eigenvalue weighted by atomic mass is 16.4. The number of nitrogens with two attached hydrogens (primary N) is 2. The van der Waals surface area contributed by atoms with Crippen LogP contribution in [0.25, 0.3) is 10.9 Å². The standard InChI is InChI=1S/C78H120N14O20/c1-9-46(6)65(74(106)91-67(48(8)95)76(108)86-55(38-45(4)5)70(102)88-58(78(111)112)40-50-42-81-52-30-25-24-29-51(50)52)89-68(100)53(34-35-61(79)96)83-73(105)60-31-26-36-92(60)64(99)33-23-18-16-14-12-10-11-13-15-17-22-32-63(98)82-59(43-93)72(104)90-66(47(7)94)75(107)85-54(37-44(2)3)69(101)84-56(41-62(80)97)71(103)87-57(77(109)110)39-49-27-20-19-21-28-49/h19-21,24-25,27-30,42,44-48,53-60,65-67,81,93-95H,9-18,22-23,26,31-41,43H2,1-8H3,(H2,79,96)(H2,80,97)(H,82,98)(H,83,105)(H,84,101)(H,85,107)(H,86,108)(H,87,103)(H,88,102)(H,89,100)(H,90,104)(H,91,106)(H,109,110)(H,111,112)/t46-,47+,48+,53-,54-,55-,56-,57-,58-,59-,60-,65-,66-,67-/m0/s1. The van der Waals surface area contributed by atoms with E-state index in [1.807, 2.05) is 18.2 Å². The van der Waals surface area contributed by atoms with E-state index in [2.05, 4.69) is 58.2 Å². The van der Waals surface area contributed by atoms with Gasteiger partial charge in [-0.3, -0.25) is 62.3 Å². The SMILES string of the molecule is CC[C@H](C)[C@H](NC(=O)[C@H](CCC(N)=O)NC(=O)[C@@H]1CCCN1C(=O)CCCCCCCCCCCCCC(=O)N[C@@H](CO)C(=O)N[C@H](C(=O)N[C@@H](CC(C)C)C(=O)N[C@@H](CC(N)=O)C(=O)N[C@@H](Cc1ccccc1)C(=O)O)[C@@H](C)O)C(=O)N[C@H](C(=O)N[C@@H](CC(C)C)C(=O)N[C@@H](Cc1c[nH]c2ccccc12)C(=O)O)[C@@H](C)O. The van der Waals surface area contributed by atoms with Crippen molar-refractivity contribution in [1.82, 2.24) is 63.1 Å². The molecule has 1 aliphatic heterocycles. The molecular weight excluding hydrogens is 1450 g/mol. The normalized spacial score (nSPS) is 16.2. The van der Waals surface area contributed by atoms with Gasteiger partial charge in [-0.2, -0.15) is 0 Å². The average Bonchev–Trinajstić information content (AvgIpc) is 1.68. The smallest absolute Gasteiger partial charge is 0.326 e. The zero-order chi connectivity index (χ0) is 83.3. The third-order valence-corrected chi connectivity index (χ3v) is 19.6. The molecule has 34 heteroatoms. The number of aliphatic hydroxyl groups is 3. The van der Waals surface area contributed by atoms with Crippen LogP contribution in [0.1, 0.15) is 201 Å². The molecule has 1 aromatic heterocycles. The molecule has 1 saturated heterocycles. The van der Waals surface area contributed by atoms with Crippen molar-refractivity contribution in [2.75, 3.05) is 13.2 Å². The van der Waals surface area contributed by atoms with Gasteiger partial charge in [0.2, 0.25) is 76.8 Å². The molecule has 3 aromatic rings. The molecule has 0 aliphatic carbocycles. The highest BCUT2D eigenvalue weighted by Crippen LogP contribution is 2.23. The molecule has 4 rings (SSSR count). The van der Waals surface area contributed by atoms with Gasteiger partial charge in [0.05, 0.1) is 25.2 Å². The van der Waals surface area contributed by atoms with E-state index in [0.717, 1.165) is 62.3 Å². The minimum atomic E-state index is -1.71. The molecule has 0 saturated carbocycles. The molecule has 112 heavy (non-hydrogen) atoms. The fraction of sp³-hybridized carbons (Fsp3) is 0.628. The minimum absolute atomic E-state index is 0.0214. The van der Waals surface area contributed by atoms with Gasteiger partial charge in [-0.25, -0.2) is 9.59 Å². The monoisotopic (exact) mass is 1570 g/mol. The van der Waals surface area contributed by atoms with E-state index in [0.29, 0.717) is 56.2 Å². The maximum absolute atomic E-state index is 14.2. The summed E-state index contributed by atoms with van der Waals surface area (Å²) in [6, 6.07) is -0.195. The van der Waals surface area contributed by atoms with E-state index in [1.165, 1.54) is 18.7 Å². The largest absolute Gasteiger partial charge is 0.480 e. The predicted octanol–water partition coefficient (Wildman–Crippen LogP) is 1.07. The highest BCUT2D eigenvalue weighted by molar-refractivity contribution is 6.00. The molecule has 0 radical (unpaired) electrons. The van der Waals surface area contributed by atoms with Gasteiger partial charge in [-0.1, -0.05) is 154 Å². The maximum atomic E-state index is 14.2. The number of nitrogens with one attached hydrogen (secondary N) is 11. The van der Waals surface area contributed by atoms with Crippen molar-refractivity contribution >= 4 is 99.6 Å². The van der Waals surface area contributed by atoms with E-state index in [9.17, 15) is 97.5 Å². The molecule has 1 aliphatic rings. The lowest BCUT2D eigenvalue weighted by Gasteiger charge is -2.30. The number of carbonyl (C=O) groups is 15. The number of para-hydroxylation sites is 1. The summed E-state index contributed by atoms with van der Waals surface area (Å²) in [4.78, 5) is 204. The number of hydrogen-bond donors (Lipinski definition) is 18. The van der Waals surface area contributed by atoms with Crippen LogP contribution in [-0.2, 0) is 84.8 Å². The third-order valence-electron chi connectivity index (χ3n) is 19.6. The van der Waals surface area contributed by atoms with Crippen LogP contribution in [0.15, 0.2) is 60.8 Å². The number of carboxylic acids is 2. The van der Waals surface area contributed by atoms with E-state index in [4.69, 9.17) is 11.5 Å². The van der Waals surface area contributed by atoms with Gasteiger partial charge < -0.3 is 100 Å². The van der Waals surface area contributed by atoms with E-state index >= 15 is 0 Å². The molecule has 14 atom stereocenters. The first-order valence-electron chi connectivity index (χ1n) is 39.0. The lowest BCUT2D eigenvalue weighted by Crippen LogP contribution is -2.62. The second kappa shape index (κ2) is 48.6. The van der Waals surface area contributed by atoms with Gasteiger partial charge in [-0.05, 0) is 93.7 Å². The van der Waals surface area contributed by atoms with Crippen molar-refractivity contribution in [3.8, 4) is 0 Å². The summed E-state index contributed by atoms with van der Waals surface area (Å²) in [5, 5.41) is 77.3. The first-order chi connectivity index (χ1) is 53.0. The van der Waals surface area contributed by atoms with Crippen molar-refractivity contribution in [3.63, 3.8) is 0 Å². The lowest BCUT2D eigenvalue weighted by molar-refractivity contribution is -0.143. The summed E-state index contributed by atoms with van der Waals surface area (Å²) in [6.45, 7) is 12.3. The topological polar surface area (TPSA) is 549 Å². The summed E-state index contributed by atoms with van der Waals surface area (Å²) in [7, 11) is 0. The molecule has 622 valence electrons. The molecule has 34 nitrogen and oxygen atoms in total. The van der Waals surface area contributed by atoms with Crippen molar-refractivity contribution in [3.05, 3.63) is 71.9 Å².